The zero-order valence-corrected chi connectivity index (χ0v) is 14.4. The van der Waals surface area contributed by atoms with E-state index >= 15 is 0 Å². The molecule has 0 radical (unpaired) electrons. The molecule has 1 aliphatic rings. The molecule has 0 saturated heterocycles. The molecule has 0 bridgehead atoms. The van der Waals surface area contributed by atoms with Crippen LogP contribution in [0.1, 0.15) is 44.6 Å². The molecule has 2 nitrogen and oxygen atoms in total. The summed E-state index contributed by atoms with van der Waals surface area (Å²) in [5, 5.41) is 0. The van der Waals surface area contributed by atoms with Crippen molar-refractivity contribution >= 4 is 11.8 Å². The van der Waals surface area contributed by atoms with Crippen LogP contribution in [-0.2, 0) is 0 Å². The topological polar surface area (TPSA) is 29.3 Å². The SMILES string of the molecule is CCCN(CCSc1ccc(C)cc1)C1CCC(N)CC1. The number of hydrogen-bond acceptors (Lipinski definition) is 3. The summed E-state index contributed by atoms with van der Waals surface area (Å²) in [6.45, 7) is 6.86. The van der Waals surface area contributed by atoms with Crippen molar-refractivity contribution in [1.29, 1.82) is 0 Å². The molecule has 2 rings (SSSR count). The molecule has 0 spiro atoms. The third-order valence-corrected chi connectivity index (χ3v) is 5.43. The Kier molecular flexibility index (Phi) is 7.08. The van der Waals surface area contributed by atoms with E-state index in [1.54, 1.807) is 0 Å². The van der Waals surface area contributed by atoms with Gasteiger partial charge in [-0.05, 0) is 57.7 Å². The minimum atomic E-state index is 0.451. The lowest BCUT2D eigenvalue weighted by molar-refractivity contribution is 0.158. The summed E-state index contributed by atoms with van der Waals surface area (Å²) in [7, 11) is 0. The molecule has 1 fully saturated rings. The lowest BCUT2D eigenvalue weighted by Gasteiger charge is -2.36. The quantitative estimate of drug-likeness (QED) is 0.770. The Balaban J connectivity index is 1.78. The molecular weight excluding hydrogens is 276 g/mol. The van der Waals surface area contributed by atoms with Gasteiger partial charge in [-0.15, -0.1) is 11.8 Å². The van der Waals surface area contributed by atoms with E-state index in [4.69, 9.17) is 5.73 Å². The Morgan fingerprint density at radius 3 is 2.38 bits per heavy atom. The van der Waals surface area contributed by atoms with Gasteiger partial charge in [0.2, 0.25) is 0 Å². The summed E-state index contributed by atoms with van der Waals surface area (Å²) in [6.07, 6.45) is 6.23. The van der Waals surface area contributed by atoms with Crippen LogP contribution in [0.5, 0.6) is 0 Å². The molecular formula is C18H30N2S. The molecule has 0 atom stereocenters. The van der Waals surface area contributed by atoms with Gasteiger partial charge in [-0.2, -0.15) is 0 Å². The Morgan fingerprint density at radius 1 is 1.10 bits per heavy atom. The molecule has 0 aliphatic heterocycles. The summed E-state index contributed by atoms with van der Waals surface area (Å²) in [4.78, 5) is 4.09. The standard InChI is InChI=1S/C18H30N2S/c1-3-12-20(17-8-6-16(19)7-9-17)13-14-21-18-10-4-15(2)5-11-18/h4-5,10-11,16-17H,3,6-9,12-14,19H2,1-2H3. The molecule has 1 aromatic carbocycles. The summed E-state index contributed by atoms with van der Waals surface area (Å²) in [5.41, 5.74) is 7.38. The first-order valence-electron chi connectivity index (χ1n) is 8.38. The first-order valence-corrected chi connectivity index (χ1v) is 9.36. The number of rotatable bonds is 7. The molecule has 21 heavy (non-hydrogen) atoms. The van der Waals surface area contributed by atoms with Crippen LogP contribution in [0.2, 0.25) is 0 Å². The highest BCUT2D eigenvalue weighted by Gasteiger charge is 2.23. The van der Waals surface area contributed by atoms with Gasteiger partial charge in [0.1, 0.15) is 0 Å². The lowest BCUT2D eigenvalue weighted by Crippen LogP contribution is -2.42. The number of aryl methyl sites for hydroxylation is 1. The Labute approximate surface area is 134 Å². The maximum absolute atomic E-state index is 6.04. The van der Waals surface area contributed by atoms with Crippen LogP contribution in [0, 0.1) is 6.92 Å². The van der Waals surface area contributed by atoms with Gasteiger partial charge in [0.05, 0.1) is 0 Å². The predicted molar refractivity (Wildman–Crippen MR) is 94.0 cm³/mol. The molecule has 0 aromatic heterocycles. The van der Waals surface area contributed by atoms with E-state index in [0.29, 0.717) is 6.04 Å². The monoisotopic (exact) mass is 306 g/mol. The van der Waals surface area contributed by atoms with E-state index in [1.807, 2.05) is 11.8 Å². The fourth-order valence-corrected chi connectivity index (χ4v) is 4.04. The third-order valence-electron chi connectivity index (χ3n) is 4.44. The minimum Gasteiger partial charge on any atom is -0.328 e. The molecule has 0 unspecified atom stereocenters. The van der Waals surface area contributed by atoms with Crippen molar-refractivity contribution in [2.45, 2.75) is 62.9 Å². The van der Waals surface area contributed by atoms with E-state index in [2.05, 4.69) is 43.0 Å². The van der Waals surface area contributed by atoms with E-state index in [0.717, 1.165) is 6.04 Å². The molecule has 1 aromatic rings. The number of nitrogens with two attached hydrogens (primary N) is 1. The predicted octanol–water partition coefficient (Wildman–Crippen LogP) is 4.07. The van der Waals surface area contributed by atoms with E-state index < -0.39 is 0 Å². The van der Waals surface area contributed by atoms with Crippen molar-refractivity contribution in [2.75, 3.05) is 18.8 Å². The Morgan fingerprint density at radius 2 is 1.76 bits per heavy atom. The molecule has 1 saturated carbocycles. The van der Waals surface area contributed by atoms with Gasteiger partial charge in [0.15, 0.2) is 0 Å². The van der Waals surface area contributed by atoms with Crippen LogP contribution in [0.15, 0.2) is 29.2 Å². The van der Waals surface area contributed by atoms with Crippen molar-refractivity contribution in [3.63, 3.8) is 0 Å². The summed E-state index contributed by atoms with van der Waals surface area (Å²) in [5.74, 6) is 1.19. The maximum Gasteiger partial charge on any atom is 0.0108 e. The molecule has 0 heterocycles. The zero-order valence-electron chi connectivity index (χ0n) is 13.6. The van der Waals surface area contributed by atoms with Crippen LogP contribution in [0.4, 0.5) is 0 Å². The summed E-state index contributed by atoms with van der Waals surface area (Å²) in [6, 6.07) is 10.1. The van der Waals surface area contributed by atoms with Gasteiger partial charge in [-0.1, -0.05) is 24.6 Å². The first kappa shape index (κ1) is 16.9. The first-order chi connectivity index (χ1) is 10.2. The van der Waals surface area contributed by atoms with Gasteiger partial charge in [0, 0.05) is 29.3 Å². The fraction of sp³-hybridized carbons (Fsp3) is 0.667. The zero-order chi connectivity index (χ0) is 15.1. The second-order valence-corrected chi connectivity index (χ2v) is 7.43. The van der Waals surface area contributed by atoms with Gasteiger partial charge in [-0.25, -0.2) is 0 Å². The number of hydrogen-bond donors (Lipinski definition) is 1. The van der Waals surface area contributed by atoms with Crippen molar-refractivity contribution in [2.24, 2.45) is 5.73 Å². The van der Waals surface area contributed by atoms with Crippen molar-refractivity contribution in [3.8, 4) is 0 Å². The van der Waals surface area contributed by atoms with E-state index in [-0.39, 0.29) is 0 Å². The number of nitrogens with zero attached hydrogens (tertiary/aromatic N) is 1. The Hall–Kier alpha value is -0.510. The molecule has 118 valence electrons. The second-order valence-electron chi connectivity index (χ2n) is 6.27. The summed E-state index contributed by atoms with van der Waals surface area (Å²) < 4.78 is 0. The highest BCUT2D eigenvalue weighted by Crippen LogP contribution is 2.24. The van der Waals surface area contributed by atoms with Crippen molar-refractivity contribution in [3.05, 3.63) is 29.8 Å². The van der Waals surface area contributed by atoms with E-state index in [9.17, 15) is 0 Å². The van der Waals surface area contributed by atoms with Gasteiger partial charge in [-0.3, -0.25) is 4.90 Å². The van der Waals surface area contributed by atoms with Crippen LogP contribution < -0.4 is 5.73 Å². The van der Waals surface area contributed by atoms with Crippen LogP contribution in [0.3, 0.4) is 0 Å². The highest BCUT2D eigenvalue weighted by molar-refractivity contribution is 7.99. The molecule has 3 heteroatoms. The molecule has 2 N–H and O–H groups in total. The van der Waals surface area contributed by atoms with Gasteiger partial charge in [0.25, 0.3) is 0 Å². The number of thioether (sulfide) groups is 1. The Bertz CT molecular complexity index is 396. The maximum atomic E-state index is 6.04. The van der Waals surface area contributed by atoms with Crippen LogP contribution in [-0.4, -0.2) is 35.8 Å². The summed E-state index contributed by atoms with van der Waals surface area (Å²) >= 11 is 1.98. The highest BCUT2D eigenvalue weighted by atomic mass is 32.2. The van der Waals surface area contributed by atoms with Gasteiger partial charge >= 0.3 is 0 Å². The van der Waals surface area contributed by atoms with Crippen molar-refractivity contribution < 1.29 is 0 Å². The smallest absolute Gasteiger partial charge is 0.0108 e. The average molecular weight is 307 g/mol. The molecule has 0 amide bonds. The normalized spacial score (nSPS) is 22.7. The fourth-order valence-electron chi connectivity index (χ4n) is 3.15. The van der Waals surface area contributed by atoms with Crippen LogP contribution >= 0.6 is 11.8 Å². The number of benzene rings is 1. The molecule has 1 aliphatic carbocycles. The lowest BCUT2D eigenvalue weighted by atomic mass is 9.90. The largest absolute Gasteiger partial charge is 0.328 e. The van der Waals surface area contributed by atoms with Gasteiger partial charge < -0.3 is 5.73 Å². The minimum absolute atomic E-state index is 0.451. The van der Waals surface area contributed by atoms with E-state index in [1.165, 1.54) is 61.4 Å². The van der Waals surface area contributed by atoms with Crippen molar-refractivity contribution in [1.82, 2.24) is 4.90 Å². The third kappa shape index (κ3) is 5.65. The second kappa shape index (κ2) is 8.82. The average Bonchev–Trinajstić information content (AvgIpc) is 2.49. The van der Waals surface area contributed by atoms with Crippen LogP contribution in [0.25, 0.3) is 0 Å².